The molecule has 3 N–H and O–H groups in total. The molecule has 0 amide bonds. The standard InChI is InChI=1S/C8H8BrClO.C4H11NS/c1-4-3-6(10)7(9)5(2)8(4)11;1-4(2,3)6-5/h3,11H,1-2H3;5H2,1-3H3. The summed E-state index contributed by atoms with van der Waals surface area (Å²) in [6.07, 6.45) is 0. The van der Waals surface area contributed by atoms with Gasteiger partial charge in [-0.2, -0.15) is 0 Å². The molecule has 0 spiro atoms. The molecule has 0 aliphatic rings. The summed E-state index contributed by atoms with van der Waals surface area (Å²) in [6, 6.07) is 1.73. The van der Waals surface area contributed by atoms with Gasteiger partial charge >= 0.3 is 0 Å². The van der Waals surface area contributed by atoms with Crippen molar-refractivity contribution in [3.8, 4) is 5.75 Å². The lowest BCUT2D eigenvalue weighted by Crippen LogP contribution is -2.09. The van der Waals surface area contributed by atoms with Gasteiger partial charge in [-0.25, -0.2) is 0 Å². The van der Waals surface area contributed by atoms with E-state index >= 15 is 0 Å². The van der Waals surface area contributed by atoms with Crippen LogP contribution in [0, 0.1) is 13.8 Å². The molecule has 0 aromatic heterocycles. The Morgan fingerprint density at radius 1 is 1.35 bits per heavy atom. The van der Waals surface area contributed by atoms with Crippen LogP contribution < -0.4 is 5.14 Å². The van der Waals surface area contributed by atoms with E-state index in [4.69, 9.17) is 16.7 Å². The molecule has 0 radical (unpaired) electrons. The summed E-state index contributed by atoms with van der Waals surface area (Å²) < 4.78 is 1.00. The van der Waals surface area contributed by atoms with Crippen LogP contribution in [0.1, 0.15) is 31.9 Å². The van der Waals surface area contributed by atoms with E-state index in [1.807, 2.05) is 13.8 Å². The number of benzene rings is 1. The molecule has 0 atom stereocenters. The quantitative estimate of drug-likeness (QED) is 0.666. The van der Waals surface area contributed by atoms with Gasteiger partial charge in [0.05, 0.1) is 5.02 Å². The normalized spacial score (nSPS) is 10.8. The molecule has 0 aliphatic heterocycles. The Labute approximate surface area is 121 Å². The van der Waals surface area contributed by atoms with E-state index in [9.17, 15) is 5.11 Å². The van der Waals surface area contributed by atoms with Gasteiger partial charge in [0.1, 0.15) is 5.75 Å². The fraction of sp³-hybridized carbons (Fsp3) is 0.500. The second-order valence-electron chi connectivity index (χ2n) is 4.69. The number of phenols is 1. The number of aromatic hydroxyl groups is 1. The van der Waals surface area contributed by atoms with Crippen LogP contribution in [0.4, 0.5) is 0 Å². The van der Waals surface area contributed by atoms with Crippen LogP contribution in [0.15, 0.2) is 10.5 Å². The molecule has 0 bridgehead atoms. The van der Waals surface area contributed by atoms with Crippen molar-refractivity contribution in [3.05, 3.63) is 26.7 Å². The van der Waals surface area contributed by atoms with Crippen molar-refractivity contribution in [2.45, 2.75) is 39.4 Å². The van der Waals surface area contributed by atoms with Crippen molar-refractivity contribution in [2.24, 2.45) is 5.14 Å². The van der Waals surface area contributed by atoms with Gasteiger partial charge in [-0.1, -0.05) is 23.5 Å². The zero-order valence-corrected chi connectivity index (χ0v) is 13.9. The Kier molecular flexibility index (Phi) is 6.92. The number of halogens is 2. The van der Waals surface area contributed by atoms with E-state index in [2.05, 4.69) is 36.7 Å². The van der Waals surface area contributed by atoms with Gasteiger partial charge < -0.3 is 5.11 Å². The lowest BCUT2D eigenvalue weighted by Gasteiger charge is -2.11. The highest BCUT2D eigenvalue weighted by Crippen LogP contribution is 2.34. The molecule has 1 aromatic rings. The molecule has 0 aliphatic carbocycles. The first kappa shape index (κ1) is 17.1. The molecular formula is C12H19BrClNOS. The highest BCUT2D eigenvalue weighted by molar-refractivity contribution is 9.10. The van der Waals surface area contributed by atoms with Gasteiger partial charge in [-0.3, -0.25) is 5.14 Å². The molecule has 0 saturated carbocycles. The smallest absolute Gasteiger partial charge is 0.122 e. The first-order valence-corrected chi connectivity index (χ1v) is 7.17. The largest absolute Gasteiger partial charge is 0.507 e. The first-order valence-electron chi connectivity index (χ1n) is 5.12. The lowest BCUT2D eigenvalue weighted by atomic mass is 10.1. The molecule has 1 rings (SSSR count). The van der Waals surface area contributed by atoms with Gasteiger partial charge in [0, 0.05) is 14.8 Å². The Bertz CT molecular complexity index is 365. The van der Waals surface area contributed by atoms with E-state index in [-0.39, 0.29) is 4.75 Å². The predicted molar refractivity (Wildman–Crippen MR) is 81.8 cm³/mol. The van der Waals surface area contributed by atoms with Crippen molar-refractivity contribution < 1.29 is 5.11 Å². The van der Waals surface area contributed by atoms with Crippen LogP contribution >= 0.6 is 39.5 Å². The minimum Gasteiger partial charge on any atom is -0.507 e. The number of hydrogen-bond donors (Lipinski definition) is 2. The summed E-state index contributed by atoms with van der Waals surface area (Å²) in [5.74, 6) is 0.307. The highest BCUT2D eigenvalue weighted by Gasteiger charge is 2.07. The maximum Gasteiger partial charge on any atom is 0.122 e. The summed E-state index contributed by atoms with van der Waals surface area (Å²) >= 11 is 10.5. The maximum atomic E-state index is 9.42. The Hall–Kier alpha value is 0.1000. The van der Waals surface area contributed by atoms with E-state index in [0.29, 0.717) is 10.8 Å². The van der Waals surface area contributed by atoms with Crippen LogP contribution in [0.25, 0.3) is 0 Å². The maximum absolute atomic E-state index is 9.42. The van der Waals surface area contributed by atoms with Crippen LogP contribution in [-0.2, 0) is 0 Å². The van der Waals surface area contributed by atoms with Crippen molar-refractivity contribution >= 4 is 39.5 Å². The molecule has 98 valence electrons. The Balaban J connectivity index is 0.000000366. The summed E-state index contributed by atoms with van der Waals surface area (Å²) in [4.78, 5) is 0. The molecule has 17 heavy (non-hydrogen) atoms. The summed E-state index contributed by atoms with van der Waals surface area (Å²) in [5, 5.41) is 15.3. The molecule has 0 heterocycles. The van der Waals surface area contributed by atoms with E-state index in [0.717, 1.165) is 15.6 Å². The van der Waals surface area contributed by atoms with Crippen molar-refractivity contribution in [1.82, 2.24) is 0 Å². The van der Waals surface area contributed by atoms with E-state index < -0.39 is 0 Å². The van der Waals surface area contributed by atoms with Crippen LogP contribution in [0.5, 0.6) is 5.75 Å². The van der Waals surface area contributed by atoms with Gasteiger partial charge in [-0.15, -0.1) is 0 Å². The van der Waals surface area contributed by atoms with E-state index in [1.54, 1.807) is 6.07 Å². The van der Waals surface area contributed by atoms with Crippen LogP contribution in [0.2, 0.25) is 5.02 Å². The van der Waals surface area contributed by atoms with Gasteiger partial charge in [0.25, 0.3) is 0 Å². The summed E-state index contributed by atoms with van der Waals surface area (Å²) in [7, 11) is 0. The number of hydrogen-bond acceptors (Lipinski definition) is 3. The fourth-order valence-corrected chi connectivity index (χ4v) is 1.51. The number of rotatable bonds is 0. The third-order valence-corrected chi connectivity index (χ3v) is 4.22. The SMILES string of the molecule is CC(C)(C)SN.Cc1cc(Cl)c(Br)c(C)c1O. The predicted octanol–water partition coefficient (Wildman–Crippen LogP) is 4.82. The molecule has 0 unspecified atom stereocenters. The number of nitrogens with two attached hydrogens (primary N) is 1. The average Bonchev–Trinajstić information content (AvgIpc) is 2.23. The third kappa shape index (κ3) is 6.00. The Morgan fingerprint density at radius 3 is 2.12 bits per heavy atom. The topological polar surface area (TPSA) is 46.2 Å². The average molecular weight is 341 g/mol. The molecule has 5 heteroatoms. The van der Waals surface area contributed by atoms with Gasteiger partial charge in [-0.05, 0) is 62.2 Å². The van der Waals surface area contributed by atoms with Gasteiger partial charge in [0.15, 0.2) is 0 Å². The molecule has 1 aromatic carbocycles. The second kappa shape index (κ2) is 6.88. The third-order valence-electron chi connectivity index (χ3n) is 1.96. The molecular weight excluding hydrogens is 322 g/mol. The van der Waals surface area contributed by atoms with Crippen LogP contribution in [0.3, 0.4) is 0 Å². The van der Waals surface area contributed by atoms with Crippen molar-refractivity contribution in [2.75, 3.05) is 0 Å². The summed E-state index contributed by atoms with van der Waals surface area (Å²) in [6.45, 7) is 9.88. The minimum atomic E-state index is 0.236. The van der Waals surface area contributed by atoms with E-state index in [1.165, 1.54) is 11.9 Å². The number of phenolic OH excluding ortho intramolecular Hbond substituents is 1. The second-order valence-corrected chi connectivity index (χ2v) is 7.35. The monoisotopic (exact) mass is 339 g/mol. The van der Waals surface area contributed by atoms with Crippen LogP contribution in [-0.4, -0.2) is 9.85 Å². The number of aryl methyl sites for hydroxylation is 1. The molecule has 0 saturated heterocycles. The molecule has 0 fully saturated rings. The Morgan fingerprint density at radius 2 is 1.76 bits per heavy atom. The van der Waals surface area contributed by atoms with Crippen molar-refractivity contribution in [3.63, 3.8) is 0 Å². The minimum absolute atomic E-state index is 0.236. The fourth-order valence-electron chi connectivity index (χ4n) is 0.901. The zero-order valence-electron chi connectivity index (χ0n) is 10.8. The molecule has 2 nitrogen and oxygen atoms in total. The van der Waals surface area contributed by atoms with Crippen molar-refractivity contribution in [1.29, 1.82) is 0 Å². The highest BCUT2D eigenvalue weighted by atomic mass is 79.9. The zero-order chi connectivity index (χ0) is 13.8. The van der Waals surface area contributed by atoms with Gasteiger partial charge in [0.2, 0.25) is 0 Å². The lowest BCUT2D eigenvalue weighted by molar-refractivity contribution is 0.466. The summed E-state index contributed by atoms with van der Waals surface area (Å²) in [5.41, 5.74) is 1.59. The first-order chi connectivity index (χ1) is 7.60.